The van der Waals surface area contributed by atoms with Crippen LogP contribution in [0.5, 0.6) is 5.75 Å². The summed E-state index contributed by atoms with van der Waals surface area (Å²) >= 11 is 0. The van der Waals surface area contributed by atoms with E-state index in [2.05, 4.69) is 4.90 Å². The monoisotopic (exact) mass is 583 g/mol. The smallest absolute Gasteiger partial charge is 0.295 e. The number of methoxy groups -OCH3 is 1. The summed E-state index contributed by atoms with van der Waals surface area (Å²) in [5, 5.41) is 11.5. The molecule has 3 fully saturated rings. The highest BCUT2D eigenvalue weighted by Gasteiger charge is 2.46. The van der Waals surface area contributed by atoms with Gasteiger partial charge in [0, 0.05) is 44.8 Å². The number of sulfonamides is 1. The number of carbonyl (C=O) groups is 2. The maximum absolute atomic E-state index is 13.4. The third-order valence-corrected chi connectivity index (χ3v) is 9.90. The molecule has 3 aliphatic rings. The molecule has 0 saturated carbocycles. The fraction of sp³-hybridized carbons (Fsp3) is 0.467. The van der Waals surface area contributed by atoms with E-state index >= 15 is 0 Å². The number of morpholine rings is 1. The summed E-state index contributed by atoms with van der Waals surface area (Å²) in [5.41, 5.74) is 0.766. The number of Topliss-reactive ketones (excluding diaryl/α,β-unsaturated/α-hetero) is 1. The molecule has 1 amide bonds. The molecule has 3 saturated heterocycles. The molecule has 220 valence electrons. The molecule has 1 atom stereocenters. The second-order valence-electron chi connectivity index (χ2n) is 10.6. The summed E-state index contributed by atoms with van der Waals surface area (Å²) in [7, 11) is -2.21. The van der Waals surface area contributed by atoms with E-state index in [1.165, 1.54) is 21.3 Å². The predicted octanol–water partition coefficient (Wildman–Crippen LogP) is 3.01. The van der Waals surface area contributed by atoms with E-state index < -0.39 is 33.5 Å². The second-order valence-corrected chi connectivity index (χ2v) is 12.5. The Bertz CT molecular complexity index is 1400. The minimum atomic E-state index is -3.76. The topological polar surface area (TPSA) is 117 Å². The summed E-state index contributed by atoms with van der Waals surface area (Å²) in [6, 6.07) is 12.2. The molecule has 1 unspecified atom stereocenters. The number of ketones is 1. The fourth-order valence-electron chi connectivity index (χ4n) is 5.75. The lowest BCUT2D eigenvalue weighted by Crippen LogP contribution is -2.38. The number of likely N-dealkylation sites (tertiary alicyclic amines) is 1. The van der Waals surface area contributed by atoms with Gasteiger partial charge in [0.2, 0.25) is 10.0 Å². The second kappa shape index (κ2) is 12.7. The maximum atomic E-state index is 13.4. The lowest BCUT2D eigenvalue weighted by Gasteiger charge is -2.29. The summed E-state index contributed by atoms with van der Waals surface area (Å²) in [5.74, 6) is -1.25. The average molecular weight is 584 g/mol. The van der Waals surface area contributed by atoms with E-state index in [-0.39, 0.29) is 16.0 Å². The Labute approximate surface area is 241 Å². The van der Waals surface area contributed by atoms with E-state index in [0.29, 0.717) is 50.6 Å². The molecular formula is C30H37N3O7S. The van der Waals surface area contributed by atoms with Crippen molar-refractivity contribution in [3.05, 3.63) is 65.2 Å². The van der Waals surface area contributed by atoms with Crippen molar-refractivity contribution in [3.63, 3.8) is 0 Å². The van der Waals surface area contributed by atoms with E-state index in [4.69, 9.17) is 9.47 Å². The molecule has 0 aromatic heterocycles. The standard InChI is InChI=1S/C30H37N3O7S/c1-39-24-11-9-22(10-12-24)27-26(29(35)30(36)33(27)16-6-13-31-17-19-40-20-18-31)28(34)23-7-5-8-25(21-23)41(37,38)32-14-3-2-4-15-32/h5,7-12,21,27,34H,2-4,6,13-20H2,1H3/b28-26+. The average Bonchev–Trinajstić information content (AvgIpc) is 3.27. The van der Waals surface area contributed by atoms with Crippen LogP contribution in [-0.2, 0) is 24.3 Å². The molecule has 0 bridgehead atoms. The summed E-state index contributed by atoms with van der Waals surface area (Å²) < 4.78 is 38.8. The number of nitrogens with zero attached hydrogens (tertiary/aromatic N) is 3. The predicted molar refractivity (Wildman–Crippen MR) is 153 cm³/mol. The van der Waals surface area contributed by atoms with Gasteiger partial charge in [-0.15, -0.1) is 0 Å². The molecule has 2 aromatic rings. The highest BCUT2D eigenvalue weighted by atomic mass is 32.2. The van der Waals surface area contributed by atoms with Gasteiger partial charge in [-0.1, -0.05) is 30.7 Å². The van der Waals surface area contributed by atoms with Gasteiger partial charge in [0.25, 0.3) is 11.7 Å². The minimum absolute atomic E-state index is 0.0455. The zero-order chi connectivity index (χ0) is 29.0. The molecule has 0 spiro atoms. The zero-order valence-corrected chi connectivity index (χ0v) is 24.1. The zero-order valence-electron chi connectivity index (χ0n) is 23.3. The van der Waals surface area contributed by atoms with Gasteiger partial charge in [0.05, 0.1) is 36.8 Å². The number of ether oxygens (including phenoxy) is 2. The van der Waals surface area contributed by atoms with Crippen LogP contribution in [0, 0.1) is 0 Å². The Balaban J connectivity index is 1.49. The van der Waals surface area contributed by atoms with Gasteiger partial charge in [0.1, 0.15) is 11.5 Å². The number of rotatable bonds is 9. The van der Waals surface area contributed by atoms with Gasteiger partial charge >= 0.3 is 0 Å². The molecule has 3 heterocycles. The molecule has 0 radical (unpaired) electrons. The van der Waals surface area contributed by atoms with Crippen LogP contribution in [0.25, 0.3) is 5.76 Å². The number of piperidine rings is 1. The summed E-state index contributed by atoms with van der Waals surface area (Å²) in [6.07, 6.45) is 3.24. The van der Waals surface area contributed by atoms with Gasteiger partial charge in [0.15, 0.2) is 0 Å². The van der Waals surface area contributed by atoms with Crippen molar-refractivity contribution >= 4 is 27.5 Å². The van der Waals surface area contributed by atoms with Crippen molar-refractivity contribution in [2.45, 2.75) is 36.6 Å². The van der Waals surface area contributed by atoms with Crippen molar-refractivity contribution in [1.82, 2.24) is 14.1 Å². The SMILES string of the molecule is COc1ccc(C2/C(=C(\O)c3cccc(S(=O)(=O)N4CCCCC4)c3)C(=O)C(=O)N2CCCN2CCOCC2)cc1. The van der Waals surface area contributed by atoms with Gasteiger partial charge in [-0.2, -0.15) is 4.31 Å². The highest BCUT2D eigenvalue weighted by Crippen LogP contribution is 2.40. The maximum Gasteiger partial charge on any atom is 0.295 e. The van der Waals surface area contributed by atoms with Gasteiger partial charge < -0.3 is 19.5 Å². The first-order valence-corrected chi connectivity index (χ1v) is 15.6. The normalized spacial score (nSPS) is 22.3. The third-order valence-electron chi connectivity index (χ3n) is 8.01. The molecule has 0 aliphatic carbocycles. The third kappa shape index (κ3) is 6.18. The van der Waals surface area contributed by atoms with Crippen LogP contribution in [0.3, 0.4) is 0 Å². The lowest BCUT2D eigenvalue weighted by atomic mass is 9.95. The van der Waals surface area contributed by atoms with Crippen molar-refractivity contribution in [2.75, 3.05) is 59.6 Å². The number of hydrogen-bond donors (Lipinski definition) is 1. The largest absolute Gasteiger partial charge is 0.507 e. The van der Waals surface area contributed by atoms with Gasteiger partial charge in [-0.25, -0.2) is 8.42 Å². The van der Waals surface area contributed by atoms with Crippen LogP contribution < -0.4 is 4.74 Å². The number of carbonyl (C=O) groups excluding carboxylic acids is 2. The fourth-order valence-corrected chi connectivity index (χ4v) is 7.31. The van der Waals surface area contributed by atoms with Gasteiger partial charge in [-0.05, 0) is 49.1 Å². The van der Waals surface area contributed by atoms with Crippen LogP contribution in [0.2, 0.25) is 0 Å². The Hall–Kier alpha value is -3.25. The van der Waals surface area contributed by atoms with E-state index in [1.54, 1.807) is 43.5 Å². The number of hydrogen-bond acceptors (Lipinski definition) is 8. The Kier molecular flexibility index (Phi) is 9.08. The molecule has 2 aromatic carbocycles. The number of aliphatic hydroxyl groups excluding tert-OH is 1. The summed E-state index contributed by atoms with van der Waals surface area (Å²) in [6.45, 7) is 4.94. The van der Waals surface area contributed by atoms with Crippen LogP contribution in [0.1, 0.15) is 42.9 Å². The molecule has 1 N–H and O–H groups in total. The quantitative estimate of drug-likeness (QED) is 0.272. The van der Waals surface area contributed by atoms with E-state index in [0.717, 1.165) is 38.9 Å². The molecule has 5 rings (SSSR count). The molecule has 10 nitrogen and oxygen atoms in total. The molecule has 3 aliphatic heterocycles. The van der Waals surface area contributed by atoms with Gasteiger partial charge in [-0.3, -0.25) is 14.5 Å². The molecular weight excluding hydrogens is 546 g/mol. The first-order chi connectivity index (χ1) is 19.8. The van der Waals surface area contributed by atoms with Crippen LogP contribution in [-0.4, -0.2) is 98.9 Å². The van der Waals surface area contributed by atoms with Crippen LogP contribution in [0.4, 0.5) is 0 Å². The van der Waals surface area contributed by atoms with Crippen molar-refractivity contribution in [1.29, 1.82) is 0 Å². The minimum Gasteiger partial charge on any atom is -0.507 e. The lowest BCUT2D eigenvalue weighted by molar-refractivity contribution is -0.140. The number of aliphatic hydroxyl groups is 1. The first kappa shape index (κ1) is 29.2. The van der Waals surface area contributed by atoms with Crippen LogP contribution in [0.15, 0.2) is 59.0 Å². The van der Waals surface area contributed by atoms with Crippen molar-refractivity contribution in [2.24, 2.45) is 0 Å². The van der Waals surface area contributed by atoms with Crippen molar-refractivity contribution < 1.29 is 32.6 Å². The Morgan fingerprint density at radius 1 is 0.976 bits per heavy atom. The van der Waals surface area contributed by atoms with E-state index in [1.807, 2.05) is 0 Å². The number of amides is 1. The van der Waals surface area contributed by atoms with Crippen molar-refractivity contribution in [3.8, 4) is 5.75 Å². The molecule has 11 heteroatoms. The summed E-state index contributed by atoms with van der Waals surface area (Å²) in [4.78, 5) is 30.6. The Morgan fingerprint density at radius 2 is 1.68 bits per heavy atom. The van der Waals surface area contributed by atoms with E-state index in [9.17, 15) is 23.1 Å². The Morgan fingerprint density at radius 3 is 2.37 bits per heavy atom. The van der Waals surface area contributed by atoms with Crippen LogP contribution >= 0.6 is 0 Å². The molecule has 41 heavy (non-hydrogen) atoms. The first-order valence-electron chi connectivity index (χ1n) is 14.1. The highest BCUT2D eigenvalue weighted by molar-refractivity contribution is 7.89. The number of benzene rings is 2.